The smallest absolute Gasteiger partial charge is 0.320 e. The molecule has 9 nitrogen and oxygen atoms in total. The zero-order chi connectivity index (χ0) is 17.1. The van der Waals surface area contributed by atoms with Gasteiger partial charge in [0.2, 0.25) is 0 Å². The number of nitro benzene ring substituents is 1. The molecule has 0 fully saturated rings. The summed E-state index contributed by atoms with van der Waals surface area (Å²) in [7, 11) is 0. The Kier molecular flexibility index (Phi) is 3.89. The predicted octanol–water partition coefficient (Wildman–Crippen LogP) is 2.27. The topological polar surface area (TPSA) is 116 Å². The predicted molar refractivity (Wildman–Crippen MR) is 82.2 cm³/mol. The Morgan fingerprint density at radius 3 is 2.62 bits per heavy atom. The maximum atomic E-state index is 12.0. The average Bonchev–Trinajstić information content (AvgIpc) is 3.03. The minimum absolute atomic E-state index is 0.118. The Morgan fingerprint density at radius 1 is 1.17 bits per heavy atom. The van der Waals surface area contributed by atoms with Gasteiger partial charge >= 0.3 is 6.09 Å². The SMILES string of the molecule is O=C(NOC(=O)n1ncc2cc([N+](=O)[O-])ccc21)c1ccccc1. The fourth-order valence-corrected chi connectivity index (χ4v) is 2.06. The number of aromatic nitrogens is 2. The third-order valence-electron chi connectivity index (χ3n) is 3.20. The lowest BCUT2D eigenvalue weighted by Gasteiger charge is -2.06. The van der Waals surface area contributed by atoms with Gasteiger partial charge in [-0.05, 0) is 18.2 Å². The van der Waals surface area contributed by atoms with E-state index in [1.807, 2.05) is 5.48 Å². The first-order valence-electron chi connectivity index (χ1n) is 6.75. The second-order valence-corrected chi connectivity index (χ2v) is 4.72. The van der Waals surface area contributed by atoms with Crippen LogP contribution in [0.25, 0.3) is 10.9 Å². The van der Waals surface area contributed by atoms with E-state index in [-0.39, 0.29) is 5.69 Å². The molecule has 1 aromatic heterocycles. The van der Waals surface area contributed by atoms with Crippen LogP contribution in [-0.4, -0.2) is 26.7 Å². The molecule has 1 heterocycles. The second-order valence-electron chi connectivity index (χ2n) is 4.72. The van der Waals surface area contributed by atoms with E-state index in [2.05, 4.69) is 5.10 Å². The molecular weight excluding hydrogens is 316 g/mol. The van der Waals surface area contributed by atoms with E-state index in [0.29, 0.717) is 16.5 Å². The summed E-state index contributed by atoms with van der Waals surface area (Å²) in [5.74, 6) is -0.587. The number of hydrogen-bond acceptors (Lipinski definition) is 6. The average molecular weight is 326 g/mol. The number of non-ortho nitro benzene ring substituents is 1. The summed E-state index contributed by atoms with van der Waals surface area (Å²) in [6.07, 6.45) is 0.353. The van der Waals surface area contributed by atoms with Crippen molar-refractivity contribution in [3.8, 4) is 0 Å². The highest BCUT2D eigenvalue weighted by Crippen LogP contribution is 2.20. The molecule has 0 aliphatic heterocycles. The maximum absolute atomic E-state index is 12.0. The lowest BCUT2D eigenvalue weighted by Crippen LogP contribution is -2.29. The lowest BCUT2D eigenvalue weighted by atomic mass is 10.2. The van der Waals surface area contributed by atoms with E-state index >= 15 is 0 Å². The van der Waals surface area contributed by atoms with Crippen molar-refractivity contribution in [3.63, 3.8) is 0 Å². The molecule has 1 N–H and O–H groups in total. The van der Waals surface area contributed by atoms with Gasteiger partial charge in [-0.15, -0.1) is 0 Å². The van der Waals surface area contributed by atoms with Gasteiger partial charge < -0.3 is 4.84 Å². The number of benzene rings is 2. The second kappa shape index (κ2) is 6.16. The molecular formula is C15H10N4O5. The zero-order valence-corrected chi connectivity index (χ0v) is 12.1. The van der Waals surface area contributed by atoms with Gasteiger partial charge in [-0.1, -0.05) is 18.2 Å². The van der Waals surface area contributed by atoms with E-state index in [1.165, 1.54) is 24.4 Å². The lowest BCUT2D eigenvalue weighted by molar-refractivity contribution is -0.384. The Hall–Kier alpha value is -3.75. The number of rotatable bonds is 2. The normalized spacial score (nSPS) is 10.3. The number of fused-ring (bicyclic) bond motifs is 1. The Morgan fingerprint density at radius 2 is 1.92 bits per heavy atom. The molecule has 0 aliphatic rings. The largest absolute Gasteiger partial charge is 0.459 e. The third kappa shape index (κ3) is 2.90. The molecule has 0 saturated heterocycles. The van der Waals surface area contributed by atoms with Crippen molar-refractivity contribution in [2.45, 2.75) is 0 Å². The van der Waals surface area contributed by atoms with E-state index in [1.54, 1.807) is 30.3 Å². The van der Waals surface area contributed by atoms with Gasteiger partial charge in [0.15, 0.2) is 0 Å². The van der Waals surface area contributed by atoms with Crippen LogP contribution in [0.3, 0.4) is 0 Å². The highest BCUT2D eigenvalue weighted by molar-refractivity contribution is 5.94. The number of nitrogens with zero attached hydrogens (tertiary/aromatic N) is 3. The molecule has 3 rings (SSSR count). The molecule has 0 spiro atoms. The van der Waals surface area contributed by atoms with Gasteiger partial charge in [0, 0.05) is 23.1 Å². The summed E-state index contributed by atoms with van der Waals surface area (Å²) in [6, 6.07) is 12.1. The fraction of sp³-hybridized carbons (Fsp3) is 0. The number of amides is 1. The number of nitrogens with one attached hydrogen (secondary N) is 1. The first-order valence-corrected chi connectivity index (χ1v) is 6.75. The number of hydrogen-bond donors (Lipinski definition) is 1. The standard InChI is InChI=1S/C15H10N4O5/c20-14(10-4-2-1-3-5-10)17-24-15(21)18-13-7-6-12(19(22)23)8-11(13)9-16-18/h1-9H,(H,17,20). The summed E-state index contributed by atoms with van der Waals surface area (Å²) in [5, 5.41) is 14.9. The van der Waals surface area contributed by atoms with Crippen molar-refractivity contribution in [1.82, 2.24) is 15.3 Å². The van der Waals surface area contributed by atoms with Crippen LogP contribution in [0.4, 0.5) is 10.5 Å². The number of nitro groups is 1. The molecule has 24 heavy (non-hydrogen) atoms. The van der Waals surface area contributed by atoms with Crippen molar-refractivity contribution in [3.05, 3.63) is 70.4 Å². The molecule has 9 heteroatoms. The molecule has 0 aliphatic carbocycles. The maximum Gasteiger partial charge on any atom is 0.459 e. The van der Waals surface area contributed by atoms with Crippen molar-refractivity contribution in [1.29, 1.82) is 0 Å². The third-order valence-corrected chi connectivity index (χ3v) is 3.20. The van der Waals surface area contributed by atoms with Crippen LogP contribution < -0.4 is 5.48 Å². The van der Waals surface area contributed by atoms with Crippen molar-refractivity contribution < 1.29 is 19.3 Å². The van der Waals surface area contributed by atoms with Gasteiger partial charge in [-0.25, -0.2) is 4.79 Å². The fourth-order valence-electron chi connectivity index (χ4n) is 2.06. The highest BCUT2D eigenvalue weighted by atomic mass is 16.7. The van der Waals surface area contributed by atoms with Crippen LogP contribution in [0.5, 0.6) is 0 Å². The van der Waals surface area contributed by atoms with Crippen molar-refractivity contribution in [2.24, 2.45) is 0 Å². The summed E-state index contributed by atoms with van der Waals surface area (Å²) in [6.45, 7) is 0. The van der Waals surface area contributed by atoms with Gasteiger partial charge in [-0.3, -0.25) is 14.9 Å². The molecule has 1 amide bonds. The highest BCUT2D eigenvalue weighted by Gasteiger charge is 2.16. The molecule has 0 bridgehead atoms. The monoisotopic (exact) mass is 326 g/mol. The van der Waals surface area contributed by atoms with Crippen LogP contribution >= 0.6 is 0 Å². The molecule has 3 aromatic rings. The van der Waals surface area contributed by atoms with Crippen molar-refractivity contribution >= 4 is 28.6 Å². The van der Waals surface area contributed by atoms with E-state index in [9.17, 15) is 19.7 Å². The molecule has 120 valence electrons. The first-order chi connectivity index (χ1) is 11.6. The van der Waals surface area contributed by atoms with Crippen LogP contribution in [0.1, 0.15) is 10.4 Å². The van der Waals surface area contributed by atoms with Crippen molar-refractivity contribution in [2.75, 3.05) is 0 Å². The minimum atomic E-state index is -0.942. The summed E-state index contributed by atoms with van der Waals surface area (Å²) < 4.78 is 0.893. The Balaban J connectivity index is 1.75. The van der Waals surface area contributed by atoms with Crippen LogP contribution in [-0.2, 0) is 4.84 Å². The molecule has 0 atom stereocenters. The molecule has 0 saturated carbocycles. The number of hydroxylamine groups is 1. The first kappa shape index (κ1) is 15.2. The van der Waals surface area contributed by atoms with Crippen LogP contribution in [0.15, 0.2) is 54.7 Å². The van der Waals surface area contributed by atoms with Gasteiger partial charge in [-0.2, -0.15) is 15.3 Å². The minimum Gasteiger partial charge on any atom is -0.320 e. The summed E-state index contributed by atoms with van der Waals surface area (Å²) in [5.41, 5.74) is 2.55. The van der Waals surface area contributed by atoms with E-state index in [0.717, 1.165) is 4.68 Å². The zero-order valence-electron chi connectivity index (χ0n) is 12.1. The number of carbonyl (C=O) groups is 2. The van der Waals surface area contributed by atoms with Gasteiger partial charge in [0.1, 0.15) is 0 Å². The van der Waals surface area contributed by atoms with E-state index in [4.69, 9.17) is 4.84 Å². The van der Waals surface area contributed by atoms with Crippen LogP contribution in [0, 0.1) is 10.1 Å². The Bertz CT molecular complexity index is 935. The van der Waals surface area contributed by atoms with Crippen LogP contribution in [0.2, 0.25) is 0 Å². The summed E-state index contributed by atoms with van der Waals surface area (Å²) >= 11 is 0. The Labute approximate surface area is 134 Å². The molecule has 0 radical (unpaired) electrons. The van der Waals surface area contributed by atoms with E-state index < -0.39 is 16.9 Å². The summed E-state index contributed by atoms with van der Waals surface area (Å²) in [4.78, 5) is 38.7. The van der Waals surface area contributed by atoms with Gasteiger partial charge in [0.05, 0.1) is 16.6 Å². The number of carbonyl (C=O) groups excluding carboxylic acids is 2. The van der Waals surface area contributed by atoms with Gasteiger partial charge in [0.25, 0.3) is 11.6 Å². The quantitative estimate of drug-likeness (QED) is 0.570. The molecule has 2 aromatic carbocycles. The molecule has 0 unspecified atom stereocenters.